The molecule has 0 aliphatic carbocycles. The smallest absolute Gasteiger partial charge is 0.261 e. The van der Waals surface area contributed by atoms with Crippen molar-refractivity contribution in [3.05, 3.63) is 99.5 Å². The summed E-state index contributed by atoms with van der Waals surface area (Å²) in [4.78, 5) is 28.4. The molecule has 3 aromatic rings. The number of ether oxygens (including phenoxy) is 1. The Hall–Kier alpha value is -3.02. The van der Waals surface area contributed by atoms with E-state index >= 15 is 0 Å². The summed E-state index contributed by atoms with van der Waals surface area (Å²) in [6.45, 7) is 5.58. The molecule has 0 aliphatic rings. The van der Waals surface area contributed by atoms with Crippen LogP contribution in [-0.4, -0.2) is 35.4 Å². The fraction of sp³-hybridized carbons (Fsp3) is 0.286. The van der Waals surface area contributed by atoms with E-state index in [1.165, 1.54) is 4.90 Å². The van der Waals surface area contributed by atoms with Gasteiger partial charge in [0.2, 0.25) is 5.91 Å². The molecule has 3 aromatic carbocycles. The molecule has 0 bridgehead atoms. The molecule has 184 valence electrons. The number of benzene rings is 3. The van der Waals surface area contributed by atoms with Gasteiger partial charge in [0.1, 0.15) is 11.8 Å². The van der Waals surface area contributed by atoms with Crippen molar-refractivity contribution < 1.29 is 14.3 Å². The molecule has 2 amide bonds. The van der Waals surface area contributed by atoms with Crippen LogP contribution in [0.5, 0.6) is 5.75 Å². The van der Waals surface area contributed by atoms with Gasteiger partial charge in [-0.1, -0.05) is 77.3 Å². The minimum Gasteiger partial charge on any atom is -0.484 e. The molecule has 0 saturated heterocycles. The van der Waals surface area contributed by atoms with Crippen molar-refractivity contribution in [2.75, 3.05) is 6.61 Å². The third kappa shape index (κ3) is 7.74. The van der Waals surface area contributed by atoms with E-state index in [0.717, 1.165) is 11.1 Å². The van der Waals surface area contributed by atoms with Gasteiger partial charge in [-0.05, 0) is 50.6 Å². The average molecular weight is 513 g/mol. The highest BCUT2D eigenvalue weighted by molar-refractivity contribution is 6.36. The first-order chi connectivity index (χ1) is 16.7. The van der Waals surface area contributed by atoms with Gasteiger partial charge in [0.25, 0.3) is 5.91 Å². The van der Waals surface area contributed by atoms with Gasteiger partial charge in [0.05, 0.1) is 0 Å². The minimum atomic E-state index is -0.791. The molecule has 0 fully saturated rings. The lowest BCUT2D eigenvalue weighted by atomic mass is 10.0. The van der Waals surface area contributed by atoms with Gasteiger partial charge in [0.15, 0.2) is 6.61 Å². The number of rotatable bonds is 10. The van der Waals surface area contributed by atoms with E-state index in [1.54, 1.807) is 18.2 Å². The minimum absolute atomic E-state index is 0.0671. The number of carbonyl (C=O) groups excluding carboxylic acids is 2. The Morgan fingerprint density at radius 1 is 0.914 bits per heavy atom. The average Bonchev–Trinajstić information content (AvgIpc) is 2.82. The summed E-state index contributed by atoms with van der Waals surface area (Å²) < 4.78 is 5.77. The molecule has 0 radical (unpaired) electrons. The molecular weight excluding hydrogens is 483 g/mol. The van der Waals surface area contributed by atoms with E-state index in [4.69, 9.17) is 27.9 Å². The van der Waals surface area contributed by atoms with E-state index in [-0.39, 0.29) is 31.0 Å². The van der Waals surface area contributed by atoms with Gasteiger partial charge >= 0.3 is 0 Å². The SMILES string of the molecule is Cc1ccc(OCC(=O)N(Cc2c(Cl)cccc2Cl)[C@H](Cc2ccccc2)C(=O)NC(C)C)cc1. The van der Waals surface area contributed by atoms with Gasteiger partial charge in [-0.3, -0.25) is 9.59 Å². The van der Waals surface area contributed by atoms with Crippen LogP contribution in [0.2, 0.25) is 10.0 Å². The fourth-order valence-electron chi connectivity index (χ4n) is 3.65. The normalized spacial score (nSPS) is 11.7. The molecule has 0 unspecified atom stereocenters. The van der Waals surface area contributed by atoms with Crippen molar-refractivity contribution in [2.24, 2.45) is 0 Å². The van der Waals surface area contributed by atoms with E-state index in [1.807, 2.05) is 75.4 Å². The molecule has 0 aromatic heterocycles. The predicted molar refractivity (Wildman–Crippen MR) is 141 cm³/mol. The van der Waals surface area contributed by atoms with Crippen molar-refractivity contribution in [3.63, 3.8) is 0 Å². The van der Waals surface area contributed by atoms with Crippen molar-refractivity contribution in [2.45, 2.75) is 45.8 Å². The van der Waals surface area contributed by atoms with Gasteiger partial charge in [-0.15, -0.1) is 0 Å². The maximum atomic E-state index is 13.6. The molecule has 7 heteroatoms. The highest BCUT2D eigenvalue weighted by Crippen LogP contribution is 2.27. The Labute approximate surface area is 217 Å². The lowest BCUT2D eigenvalue weighted by molar-refractivity contribution is -0.143. The van der Waals surface area contributed by atoms with Crippen LogP contribution in [-0.2, 0) is 22.6 Å². The van der Waals surface area contributed by atoms with Crippen LogP contribution in [0.4, 0.5) is 0 Å². The van der Waals surface area contributed by atoms with E-state index in [0.29, 0.717) is 27.8 Å². The first kappa shape index (κ1) is 26.6. The summed E-state index contributed by atoms with van der Waals surface area (Å²) in [6, 6.07) is 21.3. The zero-order valence-corrected chi connectivity index (χ0v) is 21.6. The molecule has 1 N–H and O–H groups in total. The van der Waals surface area contributed by atoms with E-state index in [2.05, 4.69) is 5.32 Å². The summed E-state index contributed by atoms with van der Waals surface area (Å²) in [5, 5.41) is 3.81. The van der Waals surface area contributed by atoms with Crippen molar-refractivity contribution in [1.82, 2.24) is 10.2 Å². The van der Waals surface area contributed by atoms with Crippen molar-refractivity contribution >= 4 is 35.0 Å². The van der Waals surface area contributed by atoms with Crippen LogP contribution in [0, 0.1) is 6.92 Å². The molecule has 1 atom stereocenters. The summed E-state index contributed by atoms with van der Waals surface area (Å²) in [6.07, 6.45) is 0.331. The second kappa shape index (κ2) is 12.6. The van der Waals surface area contributed by atoms with Gasteiger partial charge in [0, 0.05) is 34.6 Å². The first-order valence-corrected chi connectivity index (χ1v) is 12.3. The maximum absolute atomic E-state index is 13.6. The van der Waals surface area contributed by atoms with Gasteiger partial charge < -0.3 is 15.0 Å². The van der Waals surface area contributed by atoms with Crippen LogP contribution in [0.15, 0.2) is 72.8 Å². The van der Waals surface area contributed by atoms with Crippen LogP contribution in [0.1, 0.15) is 30.5 Å². The Morgan fingerprint density at radius 2 is 1.54 bits per heavy atom. The van der Waals surface area contributed by atoms with E-state index < -0.39 is 6.04 Å². The molecule has 3 rings (SSSR count). The van der Waals surface area contributed by atoms with Crippen LogP contribution in [0.3, 0.4) is 0 Å². The van der Waals surface area contributed by atoms with Crippen LogP contribution < -0.4 is 10.1 Å². The molecule has 0 saturated carbocycles. The number of hydrogen-bond acceptors (Lipinski definition) is 3. The van der Waals surface area contributed by atoms with Crippen LogP contribution in [0.25, 0.3) is 0 Å². The maximum Gasteiger partial charge on any atom is 0.261 e. The summed E-state index contributed by atoms with van der Waals surface area (Å²) in [7, 11) is 0. The third-order valence-corrected chi connectivity index (χ3v) is 6.18. The summed E-state index contributed by atoms with van der Waals surface area (Å²) in [5.74, 6) is -0.0250. The van der Waals surface area contributed by atoms with E-state index in [9.17, 15) is 9.59 Å². The number of aryl methyl sites for hydroxylation is 1. The zero-order valence-electron chi connectivity index (χ0n) is 20.1. The highest BCUT2D eigenvalue weighted by Gasteiger charge is 2.32. The summed E-state index contributed by atoms with van der Waals surface area (Å²) >= 11 is 12.9. The highest BCUT2D eigenvalue weighted by atomic mass is 35.5. The quantitative estimate of drug-likeness (QED) is 0.370. The fourth-order valence-corrected chi connectivity index (χ4v) is 4.17. The Bertz CT molecular complexity index is 1110. The van der Waals surface area contributed by atoms with Gasteiger partial charge in [-0.2, -0.15) is 0 Å². The molecule has 35 heavy (non-hydrogen) atoms. The molecule has 0 spiro atoms. The van der Waals surface area contributed by atoms with Crippen molar-refractivity contribution in [1.29, 1.82) is 0 Å². The Morgan fingerprint density at radius 3 is 2.14 bits per heavy atom. The zero-order chi connectivity index (χ0) is 25.4. The van der Waals surface area contributed by atoms with Gasteiger partial charge in [-0.25, -0.2) is 0 Å². The predicted octanol–water partition coefficient (Wildman–Crippen LogP) is 5.85. The Kier molecular flexibility index (Phi) is 9.58. The summed E-state index contributed by atoms with van der Waals surface area (Å²) in [5.41, 5.74) is 2.60. The Balaban J connectivity index is 1.95. The number of amides is 2. The number of nitrogens with zero attached hydrogens (tertiary/aromatic N) is 1. The molecule has 0 aliphatic heterocycles. The number of hydrogen-bond donors (Lipinski definition) is 1. The lowest BCUT2D eigenvalue weighted by Gasteiger charge is -2.32. The monoisotopic (exact) mass is 512 g/mol. The second-order valence-electron chi connectivity index (χ2n) is 8.69. The first-order valence-electron chi connectivity index (χ1n) is 11.5. The molecular formula is C28H30Cl2N2O3. The third-order valence-electron chi connectivity index (χ3n) is 5.48. The topological polar surface area (TPSA) is 58.6 Å². The standard InChI is InChI=1S/C28H30Cl2N2O3/c1-19(2)31-28(34)26(16-21-8-5-4-6-9-21)32(17-23-24(29)10-7-11-25(23)30)27(33)18-35-22-14-12-20(3)13-15-22/h4-15,19,26H,16-18H2,1-3H3,(H,31,34)/t26-/m1/s1. The number of nitrogens with one attached hydrogen (secondary N) is 1. The largest absolute Gasteiger partial charge is 0.484 e. The number of halogens is 2. The van der Waals surface area contributed by atoms with Crippen LogP contribution >= 0.6 is 23.2 Å². The van der Waals surface area contributed by atoms with Crippen molar-refractivity contribution in [3.8, 4) is 5.75 Å². The second-order valence-corrected chi connectivity index (χ2v) is 9.51. The molecule has 5 nitrogen and oxygen atoms in total. The number of carbonyl (C=O) groups is 2. The molecule has 0 heterocycles. The lowest BCUT2D eigenvalue weighted by Crippen LogP contribution is -2.52.